The number of fused-ring (bicyclic) bond motifs is 1. The van der Waals surface area contributed by atoms with Crippen molar-refractivity contribution in [3.8, 4) is 11.1 Å². The zero-order valence-electron chi connectivity index (χ0n) is 9.83. The number of rotatable bonds is 2. The topological polar surface area (TPSA) is 93.2 Å². The number of amides is 1. The van der Waals surface area contributed by atoms with Crippen LogP contribution in [0.3, 0.4) is 0 Å². The van der Waals surface area contributed by atoms with Crippen LogP contribution in [0.1, 0.15) is 10.4 Å². The fourth-order valence-corrected chi connectivity index (χ4v) is 1.93. The summed E-state index contributed by atoms with van der Waals surface area (Å²) in [5.41, 5.74) is 7.53. The average molecular weight is 254 g/mol. The molecule has 0 aliphatic rings. The number of hydrogen-bond donors (Lipinski definition) is 2. The molecular weight excluding hydrogens is 244 g/mol. The molecular formula is C13H10N4O2. The van der Waals surface area contributed by atoms with Crippen LogP contribution in [0.2, 0.25) is 0 Å². The first kappa shape index (κ1) is 11.2. The molecule has 0 radical (unpaired) electrons. The lowest BCUT2D eigenvalue weighted by molar-refractivity contribution is 0.100. The molecule has 6 heteroatoms. The number of aromatic nitrogens is 3. The smallest absolute Gasteiger partial charge is 0.347 e. The summed E-state index contributed by atoms with van der Waals surface area (Å²) in [5, 5.41) is 6.22. The van der Waals surface area contributed by atoms with Gasteiger partial charge in [0.2, 0.25) is 5.91 Å². The van der Waals surface area contributed by atoms with Gasteiger partial charge >= 0.3 is 5.69 Å². The van der Waals surface area contributed by atoms with Gasteiger partial charge in [-0.25, -0.2) is 14.3 Å². The second kappa shape index (κ2) is 4.09. The SMILES string of the molecule is NC(=O)c1cccc(-c2ccc3n[nH]c(=O)n3c2)c1. The van der Waals surface area contributed by atoms with Gasteiger partial charge in [-0.15, -0.1) is 0 Å². The van der Waals surface area contributed by atoms with E-state index in [1.54, 1.807) is 30.5 Å². The van der Waals surface area contributed by atoms with Gasteiger partial charge in [0.15, 0.2) is 5.65 Å². The van der Waals surface area contributed by atoms with Gasteiger partial charge in [0, 0.05) is 11.8 Å². The molecule has 0 saturated carbocycles. The van der Waals surface area contributed by atoms with E-state index in [4.69, 9.17) is 5.73 Å². The number of H-pyrrole nitrogens is 1. The molecule has 3 aromatic rings. The van der Waals surface area contributed by atoms with E-state index in [9.17, 15) is 9.59 Å². The van der Waals surface area contributed by atoms with Crippen LogP contribution >= 0.6 is 0 Å². The number of carbonyl (C=O) groups excluding carboxylic acids is 1. The fourth-order valence-electron chi connectivity index (χ4n) is 1.93. The van der Waals surface area contributed by atoms with E-state index in [-0.39, 0.29) is 5.69 Å². The molecule has 94 valence electrons. The zero-order valence-corrected chi connectivity index (χ0v) is 9.83. The molecule has 0 fully saturated rings. The molecule has 0 aliphatic carbocycles. The molecule has 0 aliphatic heterocycles. The monoisotopic (exact) mass is 254 g/mol. The van der Waals surface area contributed by atoms with Crippen molar-refractivity contribution in [3.63, 3.8) is 0 Å². The minimum absolute atomic E-state index is 0.303. The number of nitrogens with zero attached hydrogens (tertiary/aromatic N) is 2. The predicted octanol–water partition coefficient (Wildman–Crippen LogP) is 0.788. The van der Waals surface area contributed by atoms with E-state index >= 15 is 0 Å². The van der Waals surface area contributed by atoms with Gasteiger partial charge in [0.25, 0.3) is 0 Å². The molecule has 19 heavy (non-hydrogen) atoms. The van der Waals surface area contributed by atoms with E-state index in [0.29, 0.717) is 11.2 Å². The number of aromatic amines is 1. The first-order valence-corrected chi connectivity index (χ1v) is 5.62. The predicted molar refractivity (Wildman–Crippen MR) is 69.8 cm³/mol. The summed E-state index contributed by atoms with van der Waals surface area (Å²) in [5.74, 6) is -0.483. The third-order valence-corrected chi connectivity index (χ3v) is 2.89. The summed E-state index contributed by atoms with van der Waals surface area (Å²) < 4.78 is 1.41. The highest BCUT2D eigenvalue weighted by molar-refractivity contribution is 5.94. The summed E-state index contributed by atoms with van der Waals surface area (Å²) in [7, 11) is 0. The maximum absolute atomic E-state index is 11.5. The van der Waals surface area contributed by atoms with Crippen molar-refractivity contribution in [1.82, 2.24) is 14.6 Å². The van der Waals surface area contributed by atoms with Crippen molar-refractivity contribution in [2.24, 2.45) is 5.73 Å². The van der Waals surface area contributed by atoms with Crippen molar-refractivity contribution >= 4 is 11.6 Å². The number of nitrogens with one attached hydrogen (secondary N) is 1. The molecule has 1 amide bonds. The van der Waals surface area contributed by atoms with Gasteiger partial charge in [-0.3, -0.25) is 4.79 Å². The molecule has 3 N–H and O–H groups in total. The minimum atomic E-state index is -0.483. The fraction of sp³-hybridized carbons (Fsp3) is 0. The summed E-state index contributed by atoms with van der Waals surface area (Å²) in [6.07, 6.45) is 1.67. The molecule has 2 heterocycles. The molecule has 2 aromatic heterocycles. The van der Waals surface area contributed by atoms with Crippen molar-refractivity contribution in [1.29, 1.82) is 0 Å². The summed E-state index contributed by atoms with van der Waals surface area (Å²) in [6, 6.07) is 10.5. The third-order valence-electron chi connectivity index (χ3n) is 2.89. The number of benzene rings is 1. The van der Waals surface area contributed by atoms with Crippen molar-refractivity contribution in [2.45, 2.75) is 0 Å². The van der Waals surface area contributed by atoms with E-state index in [1.165, 1.54) is 4.40 Å². The van der Waals surface area contributed by atoms with Gasteiger partial charge in [-0.05, 0) is 35.4 Å². The van der Waals surface area contributed by atoms with Crippen LogP contribution < -0.4 is 11.4 Å². The Kier molecular flexibility index (Phi) is 2.42. The Morgan fingerprint density at radius 1 is 1.21 bits per heavy atom. The lowest BCUT2D eigenvalue weighted by Crippen LogP contribution is -2.11. The molecule has 3 rings (SSSR count). The maximum Gasteiger partial charge on any atom is 0.347 e. The Labute approximate surface area is 107 Å². The van der Waals surface area contributed by atoms with Crippen LogP contribution in [0.4, 0.5) is 0 Å². The largest absolute Gasteiger partial charge is 0.366 e. The Hall–Kier alpha value is -2.89. The number of primary amides is 1. The van der Waals surface area contributed by atoms with E-state index in [1.807, 2.05) is 12.1 Å². The van der Waals surface area contributed by atoms with Gasteiger partial charge in [0.1, 0.15) is 0 Å². The van der Waals surface area contributed by atoms with Crippen molar-refractivity contribution < 1.29 is 4.79 Å². The molecule has 0 spiro atoms. The van der Waals surface area contributed by atoms with Crippen molar-refractivity contribution in [3.05, 3.63) is 58.6 Å². The molecule has 0 bridgehead atoms. The minimum Gasteiger partial charge on any atom is -0.366 e. The summed E-state index contributed by atoms with van der Waals surface area (Å²) in [6.45, 7) is 0. The molecule has 0 saturated heterocycles. The van der Waals surface area contributed by atoms with Crippen LogP contribution in [0.25, 0.3) is 16.8 Å². The van der Waals surface area contributed by atoms with Gasteiger partial charge < -0.3 is 5.73 Å². The number of carbonyl (C=O) groups is 1. The second-order valence-corrected chi connectivity index (χ2v) is 4.12. The van der Waals surface area contributed by atoms with Crippen LogP contribution in [0.15, 0.2) is 47.4 Å². The first-order chi connectivity index (χ1) is 9.15. The van der Waals surface area contributed by atoms with E-state index in [0.717, 1.165) is 11.1 Å². The average Bonchev–Trinajstić information content (AvgIpc) is 2.80. The lowest BCUT2D eigenvalue weighted by atomic mass is 10.0. The van der Waals surface area contributed by atoms with Crippen molar-refractivity contribution in [2.75, 3.05) is 0 Å². The highest BCUT2D eigenvalue weighted by Crippen LogP contribution is 2.20. The molecule has 0 unspecified atom stereocenters. The Bertz CT molecular complexity index is 832. The number of hydrogen-bond acceptors (Lipinski definition) is 3. The first-order valence-electron chi connectivity index (χ1n) is 5.62. The Morgan fingerprint density at radius 2 is 2.05 bits per heavy atom. The van der Waals surface area contributed by atoms with E-state index < -0.39 is 5.91 Å². The van der Waals surface area contributed by atoms with Crippen LogP contribution in [0.5, 0.6) is 0 Å². The third kappa shape index (κ3) is 1.89. The summed E-state index contributed by atoms with van der Waals surface area (Å²) in [4.78, 5) is 22.7. The van der Waals surface area contributed by atoms with Crippen LogP contribution in [-0.2, 0) is 0 Å². The molecule has 1 aromatic carbocycles. The second-order valence-electron chi connectivity index (χ2n) is 4.12. The highest BCUT2D eigenvalue weighted by Gasteiger charge is 2.05. The van der Waals surface area contributed by atoms with Crippen LogP contribution in [-0.4, -0.2) is 20.5 Å². The van der Waals surface area contributed by atoms with E-state index in [2.05, 4.69) is 10.2 Å². The van der Waals surface area contributed by atoms with Gasteiger partial charge in [-0.2, -0.15) is 5.10 Å². The molecule has 0 atom stereocenters. The number of pyridine rings is 1. The van der Waals surface area contributed by atoms with Crippen LogP contribution in [0, 0.1) is 0 Å². The van der Waals surface area contributed by atoms with Gasteiger partial charge in [0.05, 0.1) is 0 Å². The maximum atomic E-state index is 11.5. The summed E-state index contributed by atoms with van der Waals surface area (Å²) >= 11 is 0. The molecule has 6 nitrogen and oxygen atoms in total. The lowest BCUT2D eigenvalue weighted by Gasteiger charge is -2.03. The van der Waals surface area contributed by atoms with Gasteiger partial charge in [-0.1, -0.05) is 12.1 Å². The quantitative estimate of drug-likeness (QED) is 0.708. The zero-order chi connectivity index (χ0) is 13.4. The standard InChI is InChI=1S/C13H10N4O2/c14-12(18)9-3-1-2-8(6-9)10-4-5-11-15-16-13(19)17(11)7-10/h1-7H,(H2,14,18)(H,16,19). The number of nitrogens with two attached hydrogens (primary N) is 1. The normalized spacial score (nSPS) is 10.7. The Morgan fingerprint density at radius 3 is 2.84 bits per heavy atom. The Balaban J connectivity index is 2.18. The highest BCUT2D eigenvalue weighted by atomic mass is 16.1.